The molecule has 0 fully saturated rings. The van der Waals surface area contributed by atoms with Crippen molar-refractivity contribution in [1.82, 2.24) is 14.7 Å². The van der Waals surface area contributed by atoms with Gasteiger partial charge in [-0.3, -0.25) is 4.79 Å². The first-order valence-electron chi connectivity index (χ1n) is 7.24. The number of thiazole rings is 1. The van der Waals surface area contributed by atoms with Gasteiger partial charge < -0.3 is 20.7 Å². The summed E-state index contributed by atoms with van der Waals surface area (Å²) in [6, 6.07) is 8.85. The Morgan fingerprint density at radius 3 is 2.88 bits per heavy atom. The lowest BCUT2D eigenvalue weighted by atomic mass is 10.2. The van der Waals surface area contributed by atoms with Gasteiger partial charge in [0, 0.05) is 11.9 Å². The SMILES string of the molecule is CC(Nc1nc2sccn2c1[N+](=O)[O-])C(=O)NCc1ccccc1. The fourth-order valence-corrected chi connectivity index (χ4v) is 2.96. The predicted octanol–water partition coefficient (Wildman–Crippen LogP) is 2.42. The van der Waals surface area contributed by atoms with Gasteiger partial charge in [-0.2, -0.15) is 9.38 Å². The Labute approximate surface area is 141 Å². The zero-order valence-electron chi connectivity index (χ0n) is 12.8. The molecule has 0 saturated heterocycles. The van der Waals surface area contributed by atoms with Crippen molar-refractivity contribution in [1.29, 1.82) is 0 Å². The van der Waals surface area contributed by atoms with Crippen molar-refractivity contribution in [2.75, 3.05) is 5.32 Å². The number of rotatable bonds is 6. The molecule has 1 aromatic carbocycles. The average molecular weight is 345 g/mol. The molecule has 24 heavy (non-hydrogen) atoms. The van der Waals surface area contributed by atoms with E-state index in [4.69, 9.17) is 0 Å². The van der Waals surface area contributed by atoms with Crippen molar-refractivity contribution in [3.63, 3.8) is 0 Å². The molecule has 3 rings (SSSR count). The second-order valence-electron chi connectivity index (χ2n) is 5.17. The van der Waals surface area contributed by atoms with Gasteiger partial charge in [-0.1, -0.05) is 41.7 Å². The number of aromatic nitrogens is 2. The molecule has 2 N–H and O–H groups in total. The van der Waals surface area contributed by atoms with Crippen molar-refractivity contribution < 1.29 is 9.72 Å². The summed E-state index contributed by atoms with van der Waals surface area (Å²) >= 11 is 1.29. The number of anilines is 1. The van der Waals surface area contributed by atoms with Gasteiger partial charge in [-0.05, 0) is 17.4 Å². The molecule has 0 aliphatic carbocycles. The van der Waals surface area contributed by atoms with Gasteiger partial charge in [0.1, 0.15) is 12.2 Å². The molecule has 2 heterocycles. The Hall–Kier alpha value is -2.94. The average Bonchev–Trinajstić information content (AvgIpc) is 3.13. The third-order valence-electron chi connectivity index (χ3n) is 3.47. The highest BCUT2D eigenvalue weighted by molar-refractivity contribution is 7.15. The molecule has 8 nitrogen and oxygen atoms in total. The van der Waals surface area contributed by atoms with E-state index in [2.05, 4.69) is 15.6 Å². The molecule has 1 atom stereocenters. The van der Waals surface area contributed by atoms with E-state index < -0.39 is 11.0 Å². The fourth-order valence-electron chi connectivity index (χ4n) is 2.25. The van der Waals surface area contributed by atoms with Crippen LogP contribution in [0, 0.1) is 10.1 Å². The van der Waals surface area contributed by atoms with E-state index in [9.17, 15) is 14.9 Å². The summed E-state index contributed by atoms with van der Waals surface area (Å²) in [5.74, 6) is -0.340. The largest absolute Gasteiger partial charge is 0.372 e. The first-order chi connectivity index (χ1) is 11.6. The van der Waals surface area contributed by atoms with Crippen LogP contribution >= 0.6 is 11.3 Å². The van der Waals surface area contributed by atoms with Gasteiger partial charge in [0.15, 0.2) is 0 Å². The fraction of sp³-hybridized carbons (Fsp3) is 0.200. The maximum atomic E-state index is 12.2. The Kier molecular flexibility index (Phi) is 4.43. The zero-order valence-corrected chi connectivity index (χ0v) is 13.6. The van der Waals surface area contributed by atoms with Crippen LogP contribution in [0.3, 0.4) is 0 Å². The maximum absolute atomic E-state index is 12.2. The van der Waals surface area contributed by atoms with Crippen molar-refractivity contribution in [3.8, 4) is 0 Å². The summed E-state index contributed by atoms with van der Waals surface area (Å²) in [6.07, 6.45) is 1.58. The molecule has 124 valence electrons. The lowest BCUT2D eigenvalue weighted by molar-refractivity contribution is -0.389. The highest BCUT2D eigenvalue weighted by Crippen LogP contribution is 2.28. The van der Waals surface area contributed by atoms with Crippen LogP contribution in [-0.4, -0.2) is 26.3 Å². The number of hydrogen-bond donors (Lipinski definition) is 2. The standard InChI is InChI=1S/C15H15N5O3S/c1-10(13(21)16-9-11-5-3-2-4-6-11)17-12-14(20(22)23)19-7-8-24-15(19)18-12/h2-8,10,17H,9H2,1H3,(H,16,21). The number of nitrogens with zero attached hydrogens (tertiary/aromatic N) is 3. The minimum Gasteiger partial charge on any atom is -0.358 e. The van der Waals surface area contributed by atoms with Gasteiger partial charge in [0.05, 0.1) is 0 Å². The monoisotopic (exact) mass is 345 g/mol. The lowest BCUT2D eigenvalue weighted by Crippen LogP contribution is -2.37. The minimum atomic E-state index is -0.656. The second kappa shape index (κ2) is 6.67. The van der Waals surface area contributed by atoms with Crippen molar-refractivity contribution in [3.05, 3.63) is 57.6 Å². The molecule has 0 spiro atoms. The molecule has 3 aromatic rings. The molecular weight excluding hydrogens is 330 g/mol. The van der Waals surface area contributed by atoms with E-state index in [1.54, 1.807) is 18.5 Å². The van der Waals surface area contributed by atoms with E-state index in [0.717, 1.165) is 5.56 Å². The summed E-state index contributed by atoms with van der Waals surface area (Å²) in [4.78, 5) is 27.6. The molecule has 0 radical (unpaired) electrons. The van der Waals surface area contributed by atoms with Crippen LogP contribution in [0.15, 0.2) is 41.9 Å². The van der Waals surface area contributed by atoms with Crippen LogP contribution < -0.4 is 10.6 Å². The zero-order chi connectivity index (χ0) is 17.1. The van der Waals surface area contributed by atoms with Crippen LogP contribution in [0.5, 0.6) is 0 Å². The van der Waals surface area contributed by atoms with E-state index in [-0.39, 0.29) is 17.5 Å². The summed E-state index contributed by atoms with van der Waals surface area (Å²) in [7, 11) is 0. The third kappa shape index (κ3) is 3.20. The Morgan fingerprint density at radius 1 is 1.42 bits per heavy atom. The van der Waals surface area contributed by atoms with Gasteiger partial charge in [0.25, 0.3) is 4.96 Å². The first-order valence-corrected chi connectivity index (χ1v) is 8.12. The maximum Gasteiger partial charge on any atom is 0.372 e. The van der Waals surface area contributed by atoms with E-state index >= 15 is 0 Å². The normalized spacial score (nSPS) is 12.0. The summed E-state index contributed by atoms with van der Waals surface area (Å²) in [6.45, 7) is 2.03. The summed E-state index contributed by atoms with van der Waals surface area (Å²) in [5, 5.41) is 18.6. The molecule has 2 aromatic heterocycles. The van der Waals surface area contributed by atoms with Crippen molar-refractivity contribution in [2.45, 2.75) is 19.5 Å². The van der Waals surface area contributed by atoms with Crippen LogP contribution in [-0.2, 0) is 11.3 Å². The van der Waals surface area contributed by atoms with E-state index in [0.29, 0.717) is 11.5 Å². The van der Waals surface area contributed by atoms with Crippen LogP contribution in [0.25, 0.3) is 4.96 Å². The molecule has 9 heteroatoms. The highest BCUT2D eigenvalue weighted by Gasteiger charge is 2.26. The molecule has 0 bridgehead atoms. The third-order valence-corrected chi connectivity index (χ3v) is 4.22. The number of nitro groups is 1. The Bertz CT molecular complexity index is 874. The minimum absolute atomic E-state index is 0.0919. The smallest absolute Gasteiger partial charge is 0.358 e. The number of fused-ring (bicyclic) bond motifs is 1. The van der Waals surface area contributed by atoms with Crippen LogP contribution in [0.4, 0.5) is 11.6 Å². The molecule has 0 aliphatic rings. The first kappa shape index (κ1) is 15.9. The predicted molar refractivity (Wildman–Crippen MR) is 91.1 cm³/mol. The van der Waals surface area contributed by atoms with Gasteiger partial charge >= 0.3 is 5.82 Å². The Morgan fingerprint density at radius 2 is 2.17 bits per heavy atom. The van der Waals surface area contributed by atoms with Gasteiger partial charge in [-0.15, -0.1) is 0 Å². The number of hydrogen-bond acceptors (Lipinski definition) is 6. The van der Waals surface area contributed by atoms with Gasteiger partial charge in [-0.25, -0.2) is 0 Å². The number of amides is 1. The summed E-state index contributed by atoms with van der Waals surface area (Å²) in [5.41, 5.74) is 0.978. The molecule has 1 unspecified atom stereocenters. The number of carbonyl (C=O) groups is 1. The van der Waals surface area contributed by atoms with E-state index in [1.165, 1.54) is 15.7 Å². The van der Waals surface area contributed by atoms with Crippen LogP contribution in [0.2, 0.25) is 0 Å². The molecule has 1 amide bonds. The molecule has 0 aliphatic heterocycles. The molecular formula is C15H15N5O3S. The molecule has 0 saturated carbocycles. The number of imidazole rings is 1. The van der Waals surface area contributed by atoms with Crippen molar-refractivity contribution >= 4 is 33.8 Å². The quantitative estimate of drug-likeness (QED) is 0.528. The van der Waals surface area contributed by atoms with Crippen LogP contribution in [0.1, 0.15) is 12.5 Å². The highest BCUT2D eigenvalue weighted by atomic mass is 32.1. The van der Waals surface area contributed by atoms with Gasteiger partial charge in [0.2, 0.25) is 11.7 Å². The van der Waals surface area contributed by atoms with Crippen molar-refractivity contribution in [2.24, 2.45) is 0 Å². The van der Waals surface area contributed by atoms with E-state index in [1.807, 2.05) is 30.3 Å². The Balaban J connectivity index is 1.69. The summed E-state index contributed by atoms with van der Waals surface area (Å²) < 4.78 is 1.39. The lowest BCUT2D eigenvalue weighted by Gasteiger charge is -2.13. The number of carbonyl (C=O) groups excluding carboxylic acids is 1. The second-order valence-corrected chi connectivity index (χ2v) is 6.04. The topological polar surface area (TPSA) is 102 Å². The number of nitrogens with one attached hydrogen (secondary N) is 2. The number of benzene rings is 1.